The summed E-state index contributed by atoms with van der Waals surface area (Å²) in [4.78, 5) is 47.3. The molecule has 0 aromatic heterocycles. The fourth-order valence-electron chi connectivity index (χ4n) is 2.49. The van der Waals surface area contributed by atoms with E-state index < -0.39 is 35.4 Å². The number of ether oxygens (including phenoxy) is 1. The van der Waals surface area contributed by atoms with Gasteiger partial charge in [-0.25, -0.2) is 4.79 Å². The molecule has 0 heterocycles. The first kappa shape index (κ1) is 24.4. The maximum atomic E-state index is 12.5. The predicted octanol–water partition coefficient (Wildman–Crippen LogP) is 3.39. The van der Waals surface area contributed by atoms with Crippen LogP contribution in [-0.2, 0) is 14.3 Å². The minimum absolute atomic E-state index is 0.0450. The van der Waals surface area contributed by atoms with Crippen LogP contribution in [0.1, 0.15) is 16.8 Å². The van der Waals surface area contributed by atoms with E-state index in [1.807, 2.05) is 6.26 Å². The highest BCUT2D eigenvalue weighted by atomic mass is 79.9. The predicted molar refractivity (Wildman–Crippen MR) is 121 cm³/mol. The van der Waals surface area contributed by atoms with Gasteiger partial charge in [0.1, 0.15) is 6.04 Å². The highest BCUT2D eigenvalue weighted by Gasteiger charge is 2.24. The van der Waals surface area contributed by atoms with Crippen molar-refractivity contribution >= 4 is 56.9 Å². The molecule has 0 fully saturated rings. The van der Waals surface area contributed by atoms with E-state index in [4.69, 9.17) is 4.74 Å². The molecule has 9 nitrogen and oxygen atoms in total. The highest BCUT2D eigenvalue weighted by Crippen LogP contribution is 2.16. The van der Waals surface area contributed by atoms with Crippen LogP contribution in [0.3, 0.4) is 0 Å². The molecule has 31 heavy (non-hydrogen) atoms. The highest BCUT2D eigenvalue weighted by molar-refractivity contribution is 9.10. The lowest BCUT2D eigenvalue weighted by Crippen LogP contribution is -2.43. The van der Waals surface area contributed by atoms with E-state index in [2.05, 4.69) is 26.6 Å². The van der Waals surface area contributed by atoms with Crippen molar-refractivity contribution in [1.29, 1.82) is 0 Å². The Morgan fingerprint density at radius 3 is 2.61 bits per heavy atom. The molecule has 0 saturated carbocycles. The number of hydrogen-bond donors (Lipinski definition) is 2. The zero-order chi connectivity index (χ0) is 22.8. The number of nitrogens with one attached hydrogen (secondary N) is 2. The number of carbonyl (C=O) groups excluding carboxylic acids is 3. The normalized spacial score (nSPS) is 11.3. The van der Waals surface area contributed by atoms with Gasteiger partial charge >= 0.3 is 5.97 Å². The summed E-state index contributed by atoms with van der Waals surface area (Å²) in [6, 6.07) is 11.1. The lowest BCUT2D eigenvalue weighted by molar-refractivity contribution is -0.384. The van der Waals surface area contributed by atoms with Gasteiger partial charge in [0.15, 0.2) is 6.61 Å². The number of esters is 1. The van der Waals surface area contributed by atoms with Crippen molar-refractivity contribution in [2.75, 3.05) is 23.9 Å². The average molecular weight is 510 g/mol. The Balaban J connectivity index is 1.98. The van der Waals surface area contributed by atoms with Crippen LogP contribution in [0.15, 0.2) is 53.0 Å². The van der Waals surface area contributed by atoms with E-state index in [0.717, 1.165) is 10.5 Å². The molecule has 0 spiro atoms. The molecule has 2 N–H and O–H groups in total. The Kier molecular flexibility index (Phi) is 9.47. The van der Waals surface area contributed by atoms with Crippen LogP contribution in [0.5, 0.6) is 0 Å². The van der Waals surface area contributed by atoms with Crippen LogP contribution in [0, 0.1) is 10.1 Å². The van der Waals surface area contributed by atoms with Gasteiger partial charge in [-0.05, 0) is 42.7 Å². The van der Waals surface area contributed by atoms with Crippen molar-refractivity contribution in [3.05, 3.63) is 68.7 Å². The summed E-state index contributed by atoms with van der Waals surface area (Å²) >= 11 is 4.77. The summed E-state index contributed by atoms with van der Waals surface area (Å²) < 4.78 is 5.85. The Morgan fingerprint density at radius 2 is 1.94 bits per heavy atom. The van der Waals surface area contributed by atoms with E-state index in [9.17, 15) is 24.5 Å². The number of nitro groups is 1. The minimum atomic E-state index is -1.00. The number of benzene rings is 2. The van der Waals surface area contributed by atoms with Gasteiger partial charge in [0, 0.05) is 27.9 Å². The van der Waals surface area contributed by atoms with Gasteiger partial charge in [0.2, 0.25) is 0 Å². The lowest BCUT2D eigenvalue weighted by atomic mass is 10.1. The molecule has 2 aromatic carbocycles. The number of halogens is 1. The Labute approximate surface area is 191 Å². The maximum absolute atomic E-state index is 12.5. The third-order valence-electron chi connectivity index (χ3n) is 3.97. The van der Waals surface area contributed by atoms with E-state index in [-0.39, 0.29) is 17.7 Å². The summed E-state index contributed by atoms with van der Waals surface area (Å²) in [7, 11) is 0. The van der Waals surface area contributed by atoms with Crippen LogP contribution >= 0.6 is 27.7 Å². The van der Waals surface area contributed by atoms with Gasteiger partial charge in [0.25, 0.3) is 17.5 Å². The summed E-state index contributed by atoms with van der Waals surface area (Å²) in [6.45, 7) is -0.520. The second kappa shape index (κ2) is 12.1. The standard InChI is InChI=1S/C20H20BrN3O6S/c1-31-9-8-17(23-19(26)13-4-2-7-16(10-13)24(28)29)20(27)30-12-18(25)22-15-6-3-5-14(21)11-15/h2-7,10-11,17H,8-9,12H2,1H3,(H,22,25)(H,23,26). The van der Waals surface area contributed by atoms with E-state index >= 15 is 0 Å². The summed E-state index contributed by atoms with van der Waals surface area (Å²) in [5.41, 5.74) is 0.344. The minimum Gasteiger partial charge on any atom is -0.454 e. The van der Waals surface area contributed by atoms with Crippen molar-refractivity contribution in [2.24, 2.45) is 0 Å². The molecule has 0 aliphatic carbocycles. The monoisotopic (exact) mass is 509 g/mol. The molecule has 0 radical (unpaired) electrons. The molecular formula is C20H20BrN3O6S. The number of hydrogen-bond acceptors (Lipinski definition) is 7. The number of nitrogens with zero attached hydrogens (tertiary/aromatic N) is 1. The average Bonchev–Trinajstić information content (AvgIpc) is 2.74. The second-order valence-corrected chi connectivity index (χ2v) is 8.18. The third-order valence-corrected chi connectivity index (χ3v) is 5.11. The SMILES string of the molecule is CSCCC(NC(=O)c1cccc([N+](=O)[O-])c1)C(=O)OCC(=O)Nc1cccc(Br)c1. The van der Waals surface area contributed by atoms with Crippen molar-refractivity contribution in [2.45, 2.75) is 12.5 Å². The van der Waals surface area contributed by atoms with Crippen LogP contribution < -0.4 is 10.6 Å². The zero-order valence-electron chi connectivity index (χ0n) is 16.5. The second-order valence-electron chi connectivity index (χ2n) is 6.28. The molecule has 1 atom stereocenters. The van der Waals surface area contributed by atoms with E-state index in [1.54, 1.807) is 24.3 Å². The van der Waals surface area contributed by atoms with Crippen LogP contribution in [-0.4, -0.2) is 47.4 Å². The number of rotatable bonds is 10. The van der Waals surface area contributed by atoms with Crippen molar-refractivity contribution in [1.82, 2.24) is 5.32 Å². The molecule has 0 aliphatic rings. The van der Waals surface area contributed by atoms with Gasteiger partial charge in [0.05, 0.1) is 4.92 Å². The first-order valence-electron chi connectivity index (χ1n) is 9.06. The lowest BCUT2D eigenvalue weighted by Gasteiger charge is -2.17. The van der Waals surface area contributed by atoms with Crippen LogP contribution in [0.25, 0.3) is 0 Å². The Hall–Kier alpha value is -2.92. The smallest absolute Gasteiger partial charge is 0.329 e. The fourth-order valence-corrected chi connectivity index (χ4v) is 3.36. The fraction of sp³-hybridized carbons (Fsp3) is 0.250. The van der Waals surface area contributed by atoms with Gasteiger partial charge in [-0.1, -0.05) is 28.1 Å². The first-order chi connectivity index (χ1) is 14.8. The van der Waals surface area contributed by atoms with Gasteiger partial charge in [-0.2, -0.15) is 11.8 Å². The molecule has 2 rings (SSSR count). The number of non-ortho nitro benzene ring substituents is 1. The van der Waals surface area contributed by atoms with Gasteiger partial charge in [-0.3, -0.25) is 19.7 Å². The van der Waals surface area contributed by atoms with E-state index in [1.165, 1.54) is 30.0 Å². The zero-order valence-corrected chi connectivity index (χ0v) is 18.9. The van der Waals surface area contributed by atoms with Gasteiger partial charge < -0.3 is 15.4 Å². The molecule has 0 saturated heterocycles. The van der Waals surface area contributed by atoms with Gasteiger partial charge in [-0.15, -0.1) is 0 Å². The van der Waals surface area contributed by atoms with Crippen molar-refractivity contribution in [3.63, 3.8) is 0 Å². The Morgan fingerprint density at radius 1 is 1.19 bits per heavy atom. The van der Waals surface area contributed by atoms with E-state index in [0.29, 0.717) is 11.4 Å². The number of amides is 2. The molecule has 2 aromatic rings. The topological polar surface area (TPSA) is 128 Å². The summed E-state index contributed by atoms with van der Waals surface area (Å²) in [5, 5.41) is 16.0. The molecule has 0 aliphatic heterocycles. The van der Waals surface area contributed by atoms with Crippen molar-refractivity contribution < 1.29 is 24.0 Å². The number of nitro benzene ring substituents is 1. The van der Waals surface area contributed by atoms with Crippen molar-refractivity contribution in [3.8, 4) is 0 Å². The first-order valence-corrected chi connectivity index (χ1v) is 11.2. The summed E-state index contributed by atoms with van der Waals surface area (Å²) in [6.07, 6.45) is 2.12. The molecule has 1 unspecified atom stereocenters. The molecule has 0 bridgehead atoms. The molecular weight excluding hydrogens is 490 g/mol. The van der Waals surface area contributed by atoms with Crippen LogP contribution in [0.4, 0.5) is 11.4 Å². The number of thioether (sulfide) groups is 1. The number of anilines is 1. The molecule has 164 valence electrons. The maximum Gasteiger partial charge on any atom is 0.329 e. The number of carbonyl (C=O) groups is 3. The van der Waals surface area contributed by atoms with Crippen LogP contribution in [0.2, 0.25) is 0 Å². The Bertz CT molecular complexity index is 971. The summed E-state index contributed by atoms with van der Waals surface area (Å²) in [5.74, 6) is -1.39. The molecule has 2 amide bonds. The molecule has 11 heteroatoms. The largest absolute Gasteiger partial charge is 0.454 e. The quantitative estimate of drug-likeness (QED) is 0.285. The third kappa shape index (κ3) is 8.02.